The normalized spacial score (nSPS) is 12.7. The van der Waals surface area contributed by atoms with Crippen molar-refractivity contribution in [3.05, 3.63) is 52.0 Å². The number of hydrogen-bond donors (Lipinski definition) is 3. The van der Waals surface area contributed by atoms with Crippen LogP contribution in [0.15, 0.2) is 40.9 Å². The number of benzene rings is 2. The number of hydrogen-bond acceptors (Lipinski definition) is 6. The van der Waals surface area contributed by atoms with E-state index in [9.17, 15) is 18.3 Å². The number of carbonyl (C=O) groups is 1. The molecule has 2 aromatic carbocycles. The third-order valence-electron chi connectivity index (χ3n) is 5.99. The van der Waals surface area contributed by atoms with Crippen LogP contribution in [0.25, 0.3) is 0 Å². The van der Waals surface area contributed by atoms with Crippen molar-refractivity contribution in [2.45, 2.75) is 51.9 Å². The number of anilines is 1. The van der Waals surface area contributed by atoms with E-state index in [0.29, 0.717) is 11.3 Å². The highest BCUT2D eigenvalue weighted by Gasteiger charge is 2.33. The average Bonchev–Trinajstić information content (AvgIpc) is 2.80. The Morgan fingerprint density at radius 1 is 1.11 bits per heavy atom. The molecule has 11 heteroatoms. The zero-order chi connectivity index (χ0) is 26.2. The molecule has 2 aromatic rings. The first kappa shape index (κ1) is 29.1. The fourth-order valence-electron chi connectivity index (χ4n) is 3.74. The first-order valence-corrected chi connectivity index (χ1v) is 16.8. The number of ether oxygens (including phenoxy) is 1. The van der Waals surface area contributed by atoms with Gasteiger partial charge in [-0.15, -0.1) is 0 Å². The number of halogens is 1. The highest BCUT2D eigenvalue weighted by atomic mass is 79.9. The Kier molecular flexibility index (Phi) is 10.6. The van der Waals surface area contributed by atoms with E-state index in [0.717, 1.165) is 34.4 Å². The van der Waals surface area contributed by atoms with Crippen molar-refractivity contribution >= 4 is 45.9 Å². The summed E-state index contributed by atoms with van der Waals surface area (Å²) in [4.78, 5) is 12.6. The highest BCUT2D eigenvalue weighted by Crippen LogP contribution is 2.33. The van der Waals surface area contributed by atoms with Crippen molar-refractivity contribution in [2.75, 3.05) is 24.1 Å². The summed E-state index contributed by atoms with van der Waals surface area (Å²) in [5.74, 6) is 0.136. The van der Waals surface area contributed by atoms with E-state index in [4.69, 9.17) is 9.16 Å². The van der Waals surface area contributed by atoms with E-state index in [-0.39, 0.29) is 30.5 Å². The molecule has 0 aromatic heterocycles. The molecule has 2 rings (SSSR count). The van der Waals surface area contributed by atoms with Crippen LogP contribution in [0.1, 0.15) is 38.0 Å². The second kappa shape index (κ2) is 12.7. The quantitative estimate of drug-likeness (QED) is 0.222. The predicted octanol–water partition coefficient (Wildman–Crippen LogP) is 5.09. The van der Waals surface area contributed by atoms with Gasteiger partial charge in [0, 0.05) is 11.0 Å². The van der Waals surface area contributed by atoms with Crippen LogP contribution in [-0.4, -0.2) is 47.2 Å². The summed E-state index contributed by atoms with van der Waals surface area (Å²) in [6.45, 7) is 8.26. The molecule has 0 fully saturated rings. The zero-order valence-electron chi connectivity index (χ0n) is 20.9. The molecule has 0 aliphatic carbocycles. The highest BCUT2D eigenvalue weighted by molar-refractivity contribution is 9.10. The Labute approximate surface area is 217 Å². The van der Waals surface area contributed by atoms with Gasteiger partial charge in [-0.3, -0.25) is 9.52 Å². The maximum Gasteiger partial charge on any atom is 0.258 e. The van der Waals surface area contributed by atoms with E-state index >= 15 is 0 Å². The number of aryl methyl sites for hydroxylation is 1. The molecule has 8 nitrogen and oxygen atoms in total. The van der Waals surface area contributed by atoms with Crippen LogP contribution in [0.2, 0.25) is 18.1 Å². The van der Waals surface area contributed by atoms with E-state index in [1.54, 1.807) is 18.2 Å². The predicted molar refractivity (Wildman–Crippen MR) is 145 cm³/mol. The number of nitrogens with one attached hydrogen (secondary N) is 2. The lowest BCUT2D eigenvalue weighted by Gasteiger charge is -2.34. The minimum Gasteiger partial charge on any atom is -0.506 e. The summed E-state index contributed by atoms with van der Waals surface area (Å²) in [5, 5.41) is 13.0. The SMILES string of the molecule is CC[Si](CC)(CC)O[C@@H](CNC(=O)COc1ccc(Br)cc1C)c1ccc(O)c(NS(C)(=O)=O)c1. The van der Waals surface area contributed by atoms with Gasteiger partial charge >= 0.3 is 0 Å². The molecule has 194 valence electrons. The first-order valence-electron chi connectivity index (χ1n) is 11.6. The van der Waals surface area contributed by atoms with E-state index in [1.807, 2.05) is 19.1 Å². The Bertz CT molecular complexity index is 1120. The molecule has 0 aliphatic heterocycles. The zero-order valence-corrected chi connectivity index (χ0v) is 24.3. The minimum absolute atomic E-state index is 0.0655. The van der Waals surface area contributed by atoms with Crippen molar-refractivity contribution in [1.82, 2.24) is 5.32 Å². The maximum absolute atomic E-state index is 12.6. The van der Waals surface area contributed by atoms with Crippen molar-refractivity contribution in [2.24, 2.45) is 0 Å². The summed E-state index contributed by atoms with van der Waals surface area (Å²) in [5.41, 5.74) is 1.63. The second-order valence-corrected chi connectivity index (χ2v) is 15.9. The summed E-state index contributed by atoms with van der Waals surface area (Å²) in [7, 11) is -5.67. The van der Waals surface area contributed by atoms with Crippen LogP contribution in [0.4, 0.5) is 5.69 Å². The Hall–Kier alpha value is -2.08. The van der Waals surface area contributed by atoms with Crippen molar-refractivity contribution in [3.8, 4) is 11.5 Å². The smallest absolute Gasteiger partial charge is 0.258 e. The van der Waals surface area contributed by atoms with Crippen LogP contribution in [0.5, 0.6) is 11.5 Å². The molecule has 35 heavy (non-hydrogen) atoms. The van der Waals surface area contributed by atoms with Gasteiger partial charge < -0.3 is 19.6 Å². The molecule has 1 atom stereocenters. The number of phenolic OH excluding ortho intramolecular Hbond substituents is 1. The number of carbonyl (C=O) groups excluding carboxylic acids is 1. The van der Waals surface area contributed by atoms with Gasteiger partial charge in [0.1, 0.15) is 11.5 Å². The van der Waals surface area contributed by atoms with E-state index in [1.165, 1.54) is 6.07 Å². The van der Waals surface area contributed by atoms with Gasteiger partial charge in [-0.2, -0.15) is 0 Å². The topological polar surface area (TPSA) is 114 Å². The lowest BCUT2D eigenvalue weighted by atomic mass is 10.1. The Morgan fingerprint density at radius 3 is 2.34 bits per heavy atom. The van der Waals surface area contributed by atoms with Crippen LogP contribution in [0, 0.1) is 6.92 Å². The minimum atomic E-state index is -3.59. The third-order valence-corrected chi connectivity index (χ3v) is 11.7. The van der Waals surface area contributed by atoms with Gasteiger partial charge in [0.25, 0.3) is 5.91 Å². The number of rotatable bonds is 13. The fourth-order valence-corrected chi connectivity index (χ4v) is 7.60. The first-order chi connectivity index (χ1) is 16.4. The number of phenols is 1. The monoisotopic (exact) mass is 586 g/mol. The second-order valence-electron chi connectivity index (χ2n) is 8.50. The molecule has 0 radical (unpaired) electrons. The standard InChI is InChI=1S/C24H35BrN2O6SSi/c1-6-35(7-2,8-3)33-23(18-9-11-21(28)20(14-18)27-34(5,30)31)15-26-24(29)16-32-22-12-10-19(25)13-17(22)4/h9-14,23,27-28H,6-8,15-16H2,1-5H3,(H,26,29)/t23-/m0/s1. The van der Waals surface area contributed by atoms with Gasteiger partial charge in [0.15, 0.2) is 14.9 Å². The third kappa shape index (κ3) is 8.82. The van der Waals surface area contributed by atoms with Gasteiger partial charge in [-0.05, 0) is 66.5 Å². The van der Waals surface area contributed by atoms with Crippen LogP contribution < -0.4 is 14.8 Å². The van der Waals surface area contributed by atoms with E-state index in [2.05, 4.69) is 46.7 Å². The average molecular weight is 588 g/mol. The molecule has 0 saturated heterocycles. The molecule has 0 bridgehead atoms. The fraction of sp³-hybridized carbons (Fsp3) is 0.458. The molecule has 0 saturated carbocycles. The van der Waals surface area contributed by atoms with Crippen molar-refractivity contribution in [1.29, 1.82) is 0 Å². The van der Waals surface area contributed by atoms with Gasteiger partial charge in [0.2, 0.25) is 10.0 Å². The molecule has 0 spiro atoms. The number of amides is 1. The summed E-state index contributed by atoms with van der Waals surface area (Å²) >= 11 is 3.41. The molecule has 1 amide bonds. The Balaban J connectivity index is 2.21. The van der Waals surface area contributed by atoms with Crippen molar-refractivity contribution < 1.29 is 27.5 Å². The van der Waals surface area contributed by atoms with E-state index < -0.39 is 24.4 Å². The maximum atomic E-state index is 12.6. The van der Waals surface area contributed by atoms with Crippen LogP contribution >= 0.6 is 15.9 Å². The lowest BCUT2D eigenvalue weighted by molar-refractivity contribution is -0.123. The molecule has 0 aliphatic rings. The summed E-state index contributed by atoms with van der Waals surface area (Å²) < 4.78 is 39.0. The lowest BCUT2D eigenvalue weighted by Crippen LogP contribution is -2.41. The largest absolute Gasteiger partial charge is 0.506 e. The van der Waals surface area contributed by atoms with Crippen LogP contribution in [0.3, 0.4) is 0 Å². The summed E-state index contributed by atoms with van der Waals surface area (Å²) in [6.07, 6.45) is 0.504. The summed E-state index contributed by atoms with van der Waals surface area (Å²) in [6, 6.07) is 12.9. The molecular formula is C24H35BrN2O6SSi. The molecular weight excluding hydrogens is 552 g/mol. The molecule has 0 unspecified atom stereocenters. The molecule has 0 heterocycles. The van der Waals surface area contributed by atoms with Gasteiger partial charge in [0.05, 0.1) is 18.0 Å². The van der Waals surface area contributed by atoms with Gasteiger partial charge in [-0.25, -0.2) is 8.42 Å². The Morgan fingerprint density at radius 2 is 1.77 bits per heavy atom. The van der Waals surface area contributed by atoms with Crippen LogP contribution in [-0.2, 0) is 19.2 Å². The van der Waals surface area contributed by atoms with Gasteiger partial charge in [-0.1, -0.05) is 42.8 Å². The van der Waals surface area contributed by atoms with Crippen molar-refractivity contribution in [3.63, 3.8) is 0 Å². The molecule has 3 N–H and O–H groups in total. The number of sulfonamides is 1. The number of aromatic hydroxyl groups is 1.